The highest BCUT2D eigenvalue weighted by atomic mass is 19.1. The van der Waals surface area contributed by atoms with E-state index in [0.29, 0.717) is 50.6 Å². The number of amides is 1. The Hall–Kier alpha value is -3.82. The lowest BCUT2D eigenvalue weighted by Crippen LogP contribution is -2.60. The molecule has 3 aliphatic rings. The number of nitrogens with zero attached hydrogens (tertiary/aromatic N) is 9. The van der Waals surface area contributed by atoms with Gasteiger partial charge in [-0.1, -0.05) is 6.07 Å². The number of hydrogen-bond acceptors (Lipinski definition) is 8. The summed E-state index contributed by atoms with van der Waals surface area (Å²) in [6, 6.07) is 3.16. The first-order valence-electron chi connectivity index (χ1n) is 11.9. The van der Waals surface area contributed by atoms with E-state index in [4.69, 9.17) is 11.3 Å². The third-order valence-electron chi connectivity index (χ3n) is 7.47. The Morgan fingerprint density at radius 3 is 2.94 bits per heavy atom. The van der Waals surface area contributed by atoms with Crippen LogP contribution in [0.2, 0.25) is 0 Å². The normalized spacial score (nSPS) is 23.7. The molecular formula is C24H24FN9O2. The number of morpholine rings is 1. The van der Waals surface area contributed by atoms with Crippen LogP contribution in [0.15, 0.2) is 24.7 Å². The van der Waals surface area contributed by atoms with Crippen LogP contribution >= 0.6 is 0 Å². The van der Waals surface area contributed by atoms with Crippen LogP contribution in [-0.2, 0) is 16.0 Å². The van der Waals surface area contributed by atoms with Crippen molar-refractivity contribution in [1.29, 1.82) is 0 Å². The Bertz CT molecular complexity index is 1360. The summed E-state index contributed by atoms with van der Waals surface area (Å²) in [5.74, 6) is -0.252. The van der Waals surface area contributed by atoms with Gasteiger partial charge in [0.15, 0.2) is 0 Å². The van der Waals surface area contributed by atoms with Crippen LogP contribution in [0.5, 0.6) is 0 Å². The molecule has 6 rings (SSSR count). The first-order chi connectivity index (χ1) is 17.5. The topological polar surface area (TPSA) is 107 Å². The van der Waals surface area contributed by atoms with Gasteiger partial charge in [-0.2, -0.15) is 4.68 Å². The summed E-state index contributed by atoms with van der Waals surface area (Å²) in [6.45, 7) is 12.1. The summed E-state index contributed by atoms with van der Waals surface area (Å²) in [5, 5.41) is 11.1. The van der Waals surface area contributed by atoms with E-state index in [1.165, 1.54) is 17.1 Å². The average Bonchev–Trinajstić information content (AvgIpc) is 3.58. The van der Waals surface area contributed by atoms with Crippen LogP contribution in [0.3, 0.4) is 0 Å². The lowest BCUT2D eigenvalue weighted by Gasteiger charge is -2.46. The molecule has 0 saturated carbocycles. The van der Waals surface area contributed by atoms with Gasteiger partial charge in [0.2, 0.25) is 11.6 Å². The fourth-order valence-electron chi connectivity index (χ4n) is 5.53. The lowest BCUT2D eigenvalue weighted by molar-refractivity contribution is -0.141. The Morgan fingerprint density at radius 1 is 1.25 bits per heavy atom. The third-order valence-corrected chi connectivity index (χ3v) is 7.47. The Morgan fingerprint density at radius 2 is 2.14 bits per heavy atom. The highest BCUT2D eigenvalue weighted by molar-refractivity contribution is 5.85. The van der Waals surface area contributed by atoms with Gasteiger partial charge >= 0.3 is 0 Å². The summed E-state index contributed by atoms with van der Waals surface area (Å²) < 4.78 is 21.5. The van der Waals surface area contributed by atoms with Crippen LogP contribution in [0.25, 0.3) is 10.8 Å². The molecule has 36 heavy (non-hydrogen) atoms. The zero-order chi connectivity index (χ0) is 24.8. The number of tetrazole rings is 1. The summed E-state index contributed by atoms with van der Waals surface area (Å²) in [7, 11) is 0. The van der Waals surface area contributed by atoms with E-state index in [0.717, 1.165) is 23.4 Å². The number of aromatic nitrogens is 6. The predicted octanol–water partition coefficient (Wildman–Crippen LogP) is 1.76. The standard InChI is InChI=1S/C24H24FN9O2/c1-14-16(3-5-19(25)22(14)26-2)21-11-32-7-8-33(10-15(32)12-36-21)23(35)17-4-6-20-18(17)9-27-24(29-20)34-13-28-30-31-34/h3,5,9,13,15,17,21H,4,6-8,10-12H2,1H3/t15-,17?,21+/m0/s1. The van der Waals surface area contributed by atoms with Gasteiger partial charge in [-0.05, 0) is 47.4 Å². The number of hydrogen-bond donors (Lipinski definition) is 0. The molecule has 2 aliphatic heterocycles. The second-order valence-electron chi connectivity index (χ2n) is 9.39. The summed E-state index contributed by atoms with van der Waals surface area (Å²) >= 11 is 0. The molecule has 184 valence electrons. The van der Waals surface area contributed by atoms with E-state index in [-0.39, 0.29) is 29.7 Å². The SMILES string of the molecule is [C-]#[N+]c1c(F)ccc([C@H]2CN3CCN(C(=O)C4CCc5nc(-n6cnnn6)ncc54)C[C@H]3CO2)c1C. The van der Waals surface area contributed by atoms with Crippen molar-refractivity contribution in [2.75, 3.05) is 32.8 Å². The van der Waals surface area contributed by atoms with Gasteiger partial charge in [0.25, 0.3) is 5.95 Å². The second kappa shape index (κ2) is 9.00. The molecule has 0 N–H and O–H groups in total. The van der Waals surface area contributed by atoms with Crippen LogP contribution in [0.4, 0.5) is 10.1 Å². The molecule has 3 aromatic rings. The molecule has 0 radical (unpaired) electrons. The predicted molar refractivity (Wildman–Crippen MR) is 124 cm³/mol. The van der Waals surface area contributed by atoms with Crippen molar-refractivity contribution in [1.82, 2.24) is 40.0 Å². The van der Waals surface area contributed by atoms with Crippen LogP contribution < -0.4 is 0 Å². The van der Waals surface area contributed by atoms with Crippen molar-refractivity contribution in [2.45, 2.75) is 37.8 Å². The molecule has 2 saturated heterocycles. The molecule has 3 atom stereocenters. The average molecular weight is 490 g/mol. The minimum atomic E-state index is -0.502. The molecule has 1 unspecified atom stereocenters. The molecule has 1 aliphatic carbocycles. The number of carbonyl (C=O) groups excluding carboxylic acids is 1. The van der Waals surface area contributed by atoms with Gasteiger partial charge in [0.1, 0.15) is 12.1 Å². The maximum Gasteiger partial charge on any atom is 0.253 e. The fraction of sp³-hybridized carbons (Fsp3) is 0.458. The van der Waals surface area contributed by atoms with Crippen LogP contribution in [0, 0.1) is 19.3 Å². The zero-order valence-electron chi connectivity index (χ0n) is 19.7. The smallest absolute Gasteiger partial charge is 0.253 e. The molecule has 12 heteroatoms. The van der Waals surface area contributed by atoms with Crippen molar-refractivity contribution in [3.05, 3.63) is 64.3 Å². The fourth-order valence-corrected chi connectivity index (χ4v) is 5.53. The lowest BCUT2D eigenvalue weighted by atomic mass is 9.97. The minimum absolute atomic E-state index is 0.0551. The van der Waals surface area contributed by atoms with E-state index in [2.05, 4.69) is 35.2 Å². The molecule has 4 heterocycles. The summed E-state index contributed by atoms with van der Waals surface area (Å²) in [5.41, 5.74) is 3.28. The monoisotopic (exact) mass is 489 g/mol. The van der Waals surface area contributed by atoms with E-state index in [9.17, 15) is 9.18 Å². The van der Waals surface area contributed by atoms with E-state index in [1.54, 1.807) is 19.2 Å². The Balaban J connectivity index is 1.12. The molecule has 2 fully saturated rings. The van der Waals surface area contributed by atoms with E-state index >= 15 is 0 Å². The molecular weight excluding hydrogens is 465 g/mol. The van der Waals surface area contributed by atoms with Gasteiger partial charge in [-0.25, -0.2) is 19.2 Å². The Kier molecular flexibility index (Phi) is 5.66. The minimum Gasteiger partial charge on any atom is -0.371 e. The molecule has 11 nitrogen and oxygen atoms in total. The first-order valence-corrected chi connectivity index (χ1v) is 11.9. The number of aryl methyl sites for hydroxylation is 1. The number of benzene rings is 1. The first kappa shape index (κ1) is 22.6. The molecule has 0 bridgehead atoms. The molecule has 2 aromatic heterocycles. The van der Waals surface area contributed by atoms with Crippen molar-refractivity contribution < 1.29 is 13.9 Å². The number of rotatable bonds is 3. The van der Waals surface area contributed by atoms with E-state index in [1.807, 2.05) is 4.90 Å². The van der Waals surface area contributed by atoms with Gasteiger partial charge < -0.3 is 9.64 Å². The van der Waals surface area contributed by atoms with Crippen molar-refractivity contribution in [3.63, 3.8) is 0 Å². The molecule has 1 amide bonds. The van der Waals surface area contributed by atoms with Crippen LogP contribution in [-0.4, -0.2) is 84.7 Å². The zero-order valence-corrected chi connectivity index (χ0v) is 19.7. The van der Waals surface area contributed by atoms with Gasteiger partial charge in [0.05, 0.1) is 36.9 Å². The summed E-state index contributed by atoms with van der Waals surface area (Å²) in [4.78, 5) is 30.0. The highest BCUT2D eigenvalue weighted by Gasteiger charge is 2.39. The number of ether oxygens (including phenoxy) is 1. The number of piperazine rings is 1. The second-order valence-corrected chi connectivity index (χ2v) is 9.39. The van der Waals surface area contributed by atoms with Crippen molar-refractivity contribution in [2.24, 2.45) is 0 Å². The van der Waals surface area contributed by atoms with Gasteiger partial charge in [0, 0.05) is 37.9 Å². The molecule has 0 spiro atoms. The largest absolute Gasteiger partial charge is 0.371 e. The van der Waals surface area contributed by atoms with Gasteiger partial charge in [-0.3, -0.25) is 9.69 Å². The number of fused-ring (bicyclic) bond motifs is 2. The third kappa shape index (κ3) is 3.81. The van der Waals surface area contributed by atoms with Crippen molar-refractivity contribution in [3.8, 4) is 5.95 Å². The van der Waals surface area contributed by atoms with Crippen LogP contribution in [0.1, 0.15) is 40.8 Å². The quantitative estimate of drug-likeness (QED) is 0.513. The Labute approximate surface area is 206 Å². The van der Waals surface area contributed by atoms with E-state index < -0.39 is 5.82 Å². The highest BCUT2D eigenvalue weighted by Crippen LogP contribution is 2.36. The maximum atomic E-state index is 14.0. The summed E-state index contributed by atoms with van der Waals surface area (Å²) in [6.07, 6.45) is 4.36. The molecule has 1 aromatic carbocycles. The maximum absolute atomic E-state index is 14.0. The number of halogens is 1. The van der Waals surface area contributed by atoms with Gasteiger partial charge in [-0.15, -0.1) is 5.10 Å². The number of carbonyl (C=O) groups is 1. The van der Waals surface area contributed by atoms with Crippen molar-refractivity contribution >= 4 is 11.6 Å².